The molecule has 244 valence electrons. The summed E-state index contributed by atoms with van der Waals surface area (Å²) in [6.07, 6.45) is 0. The summed E-state index contributed by atoms with van der Waals surface area (Å²) in [5.41, 5.74) is 12.4. The van der Waals surface area contributed by atoms with Crippen LogP contribution in [0, 0.1) is 0 Å². The van der Waals surface area contributed by atoms with Crippen LogP contribution in [-0.4, -0.2) is 0 Å². The Hall–Kier alpha value is -6.06. The van der Waals surface area contributed by atoms with Gasteiger partial charge in [-0.2, -0.15) is 0 Å². The number of hydrogen-bond donors (Lipinski definition) is 0. The van der Waals surface area contributed by atoms with Crippen LogP contribution in [0.25, 0.3) is 96.3 Å². The van der Waals surface area contributed by atoms with E-state index in [1.165, 1.54) is 96.3 Å². The van der Waals surface area contributed by atoms with Crippen LogP contribution in [0.15, 0.2) is 194 Å². The second kappa shape index (κ2) is 12.9. The zero-order valence-corrected chi connectivity index (χ0v) is 29.9. The maximum absolute atomic E-state index is 2.35. The van der Waals surface area contributed by atoms with E-state index in [1.54, 1.807) is 0 Å². The molecule has 0 saturated carbocycles. The lowest BCUT2D eigenvalue weighted by Crippen LogP contribution is -1.81. The van der Waals surface area contributed by atoms with Gasteiger partial charge in [-0.15, -0.1) is 22.7 Å². The maximum atomic E-state index is 2.35. The van der Waals surface area contributed by atoms with Gasteiger partial charge < -0.3 is 0 Å². The van der Waals surface area contributed by atoms with Gasteiger partial charge in [-0.05, 0) is 90.7 Å². The smallest absolute Gasteiger partial charge is 0.0428 e. The number of rotatable bonds is 6. The van der Waals surface area contributed by atoms with Gasteiger partial charge in [0.15, 0.2) is 0 Å². The van der Waals surface area contributed by atoms with Gasteiger partial charge in [0.05, 0.1) is 0 Å². The molecule has 0 aliphatic rings. The summed E-state index contributed by atoms with van der Waals surface area (Å²) in [5, 5.41) is 5.26. The highest BCUT2D eigenvalue weighted by Crippen LogP contribution is 2.43. The minimum Gasteiger partial charge on any atom is -0.135 e. The second-order valence-electron chi connectivity index (χ2n) is 13.3. The van der Waals surface area contributed by atoms with Gasteiger partial charge in [0, 0.05) is 29.9 Å². The Morgan fingerprint density at radius 2 is 0.558 bits per heavy atom. The number of thiophene rings is 2. The molecule has 0 aliphatic carbocycles. The summed E-state index contributed by atoms with van der Waals surface area (Å²) >= 11 is 3.79. The molecule has 0 N–H and O–H groups in total. The first kappa shape index (κ1) is 30.7. The normalized spacial score (nSPS) is 11.5. The van der Waals surface area contributed by atoms with E-state index in [1.807, 2.05) is 22.7 Å². The Balaban J connectivity index is 0.938. The van der Waals surface area contributed by atoms with Gasteiger partial charge in [0.2, 0.25) is 0 Å². The van der Waals surface area contributed by atoms with Crippen molar-refractivity contribution in [1.82, 2.24) is 0 Å². The zero-order valence-electron chi connectivity index (χ0n) is 28.3. The van der Waals surface area contributed by atoms with Gasteiger partial charge in [-0.25, -0.2) is 0 Å². The minimum absolute atomic E-state index is 1.23. The summed E-state index contributed by atoms with van der Waals surface area (Å²) in [4.78, 5) is 2.60. The van der Waals surface area contributed by atoms with Gasteiger partial charge in [-0.3, -0.25) is 0 Å². The third-order valence-corrected chi connectivity index (χ3v) is 12.6. The highest BCUT2D eigenvalue weighted by molar-refractivity contribution is 7.24. The summed E-state index contributed by atoms with van der Waals surface area (Å²) in [6, 6.07) is 70.9. The fourth-order valence-corrected chi connectivity index (χ4v) is 9.74. The predicted octanol–water partition coefficient (Wildman–Crippen LogP) is 15.3. The fourth-order valence-electron chi connectivity index (χ4n) is 7.36. The fraction of sp³-hybridized carbons (Fsp3) is 0. The van der Waals surface area contributed by atoms with Gasteiger partial charge in [-0.1, -0.05) is 170 Å². The average Bonchev–Trinajstić information content (AvgIpc) is 3.87. The molecule has 10 aromatic rings. The van der Waals surface area contributed by atoms with Crippen LogP contribution < -0.4 is 0 Å². The number of benzene rings is 8. The standard InChI is InChI=1S/C50H32S2/c1-3-9-33(10-4-1)39-13-7-15-41(29-39)35-17-21-37(22-18-35)47-31-43-25-27-46-45(49(43)51-47)28-26-44-32-48(52-50(44)46)38-23-19-36(20-24-38)42-16-8-14-40(30-42)34-11-5-2-6-12-34/h1-32H. The molecule has 0 spiro atoms. The largest absolute Gasteiger partial charge is 0.135 e. The van der Waals surface area contributed by atoms with E-state index in [0.717, 1.165) is 0 Å². The van der Waals surface area contributed by atoms with E-state index >= 15 is 0 Å². The van der Waals surface area contributed by atoms with E-state index in [9.17, 15) is 0 Å². The molecule has 52 heavy (non-hydrogen) atoms. The Kier molecular flexibility index (Phi) is 7.64. The summed E-state index contributed by atoms with van der Waals surface area (Å²) in [5.74, 6) is 0. The van der Waals surface area contributed by atoms with Crippen LogP contribution in [0.2, 0.25) is 0 Å². The van der Waals surface area contributed by atoms with Crippen molar-refractivity contribution in [3.05, 3.63) is 194 Å². The number of fused-ring (bicyclic) bond motifs is 5. The van der Waals surface area contributed by atoms with Crippen molar-refractivity contribution >= 4 is 53.6 Å². The van der Waals surface area contributed by atoms with Crippen molar-refractivity contribution in [1.29, 1.82) is 0 Å². The molecule has 0 amide bonds. The van der Waals surface area contributed by atoms with E-state index in [-0.39, 0.29) is 0 Å². The molecule has 0 atom stereocenters. The van der Waals surface area contributed by atoms with Gasteiger partial charge in [0.1, 0.15) is 0 Å². The minimum atomic E-state index is 1.23. The molecule has 0 fully saturated rings. The molecule has 8 aromatic carbocycles. The third-order valence-electron chi connectivity index (χ3n) is 10.1. The van der Waals surface area contributed by atoms with E-state index in [0.29, 0.717) is 0 Å². The van der Waals surface area contributed by atoms with Crippen LogP contribution >= 0.6 is 22.7 Å². The van der Waals surface area contributed by atoms with Crippen molar-refractivity contribution in [3.63, 3.8) is 0 Å². The first-order chi connectivity index (χ1) is 25.7. The summed E-state index contributed by atoms with van der Waals surface area (Å²) in [7, 11) is 0. The van der Waals surface area contributed by atoms with E-state index in [4.69, 9.17) is 0 Å². The third kappa shape index (κ3) is 5.63. The summed E-state index contributed by atoms with van der Waals surface area (Å²) in [6.45, 7) is 0. The Morgan fingerprint density at radius 1 is 0.231 bits per heavy atom. The van der Waals surface area contributed by atoms with Gasteiger partial charge >= 0.3 is 0 Å². The monoisotopic (exact) mass is 696 g/mol. The van der Waals surface area contributed by atoms with Gasteiger partial charge in [0.25, 0.3) is 0 Å². The number of hydrogen-bond acceptors (Lipinski definition) is 2. The summed E-state index contributed by atoms with van der Waals surface area (Å²) < 4.78 is 2.71. The van der Waals surface area contributed by atoms with Crippen LogP contribution in [0.3, 0.4) is 0 Å². The highest BCUT2D eigenvalue weighted by Gasteiger charge is 2.13. The first-order valence-electron chi connectivity index (χ1n) is 17.6. The molecular weight excluding hydrogens is 665 g/mol. The van der Waals surface area contributed by atoms with Crippen LogP contribution in [0.4, 0.5) is 0 Å². The SMILES string of the molecule is c1ccc(-c2cccc(-c3ccc(-c4cc5ccc6c(ccc7cc(-c8ccc(-c9cccc(-c%10ccccc%10)c9)cc8)sc76)c5s4)cc3)c2)cc1. The van der Waals surface area contributed by atoms with E-state index in [2.05, 4.69) is 194 Å². The van der Waals surface area contributed by atoms with Crippen molar-refractivity contribution < 1.29 is 0 Å². The maximum Gasteiger partial charge on any atom is 0.0428 e. The molecule has 0 nitrogen and oxygen atoms in total. The zero-order chi connectivity index (χ0) is 34.4. The first-order valence-corrected chi connectivity index (χ1v) is 19.3. The average molecular weight is 697 g/mol. The quantitative estimate of drug-likeness (QED) is 0.162. The molecular formula is C50H32S2. The van der Waals surface area contributed by atoms with Crippen molar-refractivity contribution in [2.75, 3.05) is 0 Å². The Morgan fingerprint density at radius 3 is 0.942 bits per heavy atom. The van der Waals surface area contributed by atoms with Crippen molar-refractivity contribution in [2.45, 2.75) is 0 Å². The topological polar surface area (TPSA) is 0 Å². The molecule has 0 unspecified atom stereocenters. The second-order valence-corrected chi connectivity index (χ2v) is 15.4. The molecule has 0 bridgehead atoms. The van der Waals surface area contributed by atoms with Crippen molar-refractivity contribution in [2.24, 2.45) is 0 Å². The molecule has 2 aromatic heterocycles. The van der Waals surface area contributed by atoms with Crippen LogP contribution in [0.5, 0.6) is 0 Å². The van der Waals surface area contributed by atoms with Crippen LogP contribution in [0.1, 0.15) is 0 Å². The lowest BCUT2D eigenvalue weighted by molar-refractivity contribution is 1.59. The van der Waals surface area contributed by atoms with E-state index < -0.39 is 0 Å². The van der Waals surface area contributed by atoms with Crippen LogP contribution in [-0.2, 0) is 0 Å². The molecule has 0 radical (unpaired) electrons. The lowest BCUT2D eigenvalue weighted by atomic mass is 9.98. The molecule has 10 rings (SSSR count). The Labute approximate surface area is 311 Å². The molecule has 0 saturated heterocycles. The predicted molar refractivity (Wildman–Crippen MR) is 227 cm³/mol. The molecule has 2 heteroatoms. The lowest BCUT2D eigenvalue weighted by Gasteiger charge is -2.07. The Bertz CT molecular complexity index is 2660. The highest BCUT2D eigenvalue weighted by atomic mass is 32.1. The molecule has 2 heterocycles. The van der Waals surface area contributed by atoms with Crippen molar-refractivity contribution in [3.8, 4) is 65.4 Å². The molecule has 0 aliphatic heterocycles.